The van der Waals surface area contributed by atoms with Gasteiger partial charge in [0.05, 0.1) is 11.3 Å². The fraction of sp³-hybridized carbons (Fsp3) is 0.438. The number of nitrogens with zero attached hydrogens (tertiary/aromatic N) is 1. The zero-order valence-corrected chi connectivity index (χ0v) is 11.9. The zero-order chi connectivity index (χ0) is 14.4. The predicted octanol–water partition coefficient (Wildman–Crippen LogP) is 4.58. The highest BCUT2D eigenvalue weighted by molar-refractivity contribution is 5.75. The van der Waals surface area contributed by atoms with Crippen LogP contribution in [0.15, 0.2) is 28.8 Å². The lowest BCUT2D eigenvalue weighted by molar-refractivity contribution is 0.425. The van der Waals surface area contributed by atoms with Gasteiger partial charge in [-0.15, -0.1) is 0 Å². The Hall–Kier alpha value is -1.84. The Morgan fingerprint density at radius 3 is 2.65 bits per heavy atom. The van der Waals surface area contributed by atoms with Gasteiger partial charge < -0.3 is 10.3 Å². The summed E-state index contributed by atoms with van der Waals surface area (Å²) in [7, 11) is 0. The maximum atomic E-state index is 13.9. The minimum atomic E-state index is -0.297. The van der Waals surface area contributed by atoms with Crippen molar-refractivity contribution >= 4 is 5.88 Å². The van der Waals surface area contributed by atoms with Gasteiger partial charge in [-0.05, 0) is 18.9 Å². The van der Waals surface area contributed by atoms with Gasteiger partial charge in [0, 0.05) is 5.56 Å². The average Bonchev–Trinajstić information content (AvgIpc) is 2.80. The first kappa shape index (κ1) is 14.6. The van der Waals surface area contributed by atoms with Gasteiger partial charge in [-0.1, -0.05) is 56.0 Å². The molecule has 0 atom stereocenters. The lowest BCUT2D eigenvalue weighted by Crippen LogP contribution is -1.94. The van der Waals surface area contributed by atoms with Gasteiger partial charge in [0.25, 0.3) is 0 Å². The molecule has 0 bridgehead atoms. The highest BCUT2D eigenvalue weighted by Gasteiger charge is 2.18. The molecule has 108 valence electrons. The first-order chi connectivity index (χ1) is 9.74. The Labute approximate surface area is 119 Å². The molecule has 3 nitrogen and oxygen atoms in total. The highest BCUT2D eigenvalue weighted by atomic mass is 19.1. The summed E-state index contributed by atoms with van der Waals surface area (Å²) >= 11 is 0. The molecule has 0 unspecified atom stereocenters. The number of anilines is 1. The van der Waals surface area contributed by atoms with Crippen LogP contribution in [0.2, 0.25) is 0 Å². The third-order valence-electron chi connectivity index (χ3n) is 3.45. The molecule has 20 heavy (non-hydrogen) atoms. The van der Waals surface area contributed by atoms with Crippen LogP contribution in [0.4, 0.5) is 10.3 Å². The molecule has 0 aliphatic heterocycles. The van der Waals surface area contributed by atoms with Crippen molar-refractivity contribution in [3.8, 4) is 11.1 Å². The Kier molecular flexibility index (Phi) is 5.16. The van der Waals surface area contributed by atoms with Crippen molar-refractivity contribution in [1.82, 2.24) is 5.16 Å². The molecule has 0 amide bonds. The summed E-state index contributed by atoms with van der Waals surface area (Å²) in [6, 6.07) is 6.58. The van der Waals surface area contributed by atoms with E-state index in [9.17, 15) is 4.39 Å². The smallest absolute Gasteiger partial charge is 0.230 e. The van der Waals surface area contributed by atoms with Gasteiger partial charge in [-0.25, -0.2) is 4.39 Å². The molecular formula is C16H21FN2O. The molecule has 1 aromatic carbocycles. The number of hydrogen-bond acceptors (Lipinski definition) is 3. The normalized spacial score (nSPS) is 10.9. The minimum absolute atomic E-state index is 0.193. The maximum absolute atomic E-state index is 13.9. The number of nitrogens with two attached hydrogens (primary N) is 1. The maximum Gasteiger partial charge on any atom is 0.230 e. The third-order valence-corrected chi connectivity index (χ3v) is 3.45. The summed E-state index contributed by atoms with van der Waals surface area (Å²) in [5, 5.41) is 3.98. The molecule has 0 spiro atoms. The van der Waals surface area contributed by atoms with E-state index in [1.807, 2.05) is 0 Å². The molecule has 0 radical (unpaired) electrons. The minimum Gasteiger partial charge on any atom is -0.367 e. The van der Waals surface area contributed by atoms with E-state index in [-0.39, 0.29) is 11.7 Å². The van der Waals surface area contributed by atoms with E-state index in [2.05, 4.69) is 12.1 Å². The van der Waals surface area contributed by atoms with Crippen LogP contribution in [0.5, 0.6) is 0 Å². The van der Waals surface area contributed by atoms with Crippen LogP contribution < -0.4 is 5.73 Å². The molecule has 0 fully saturated rings. The molecule has 2 aromatic rings. The Morgan fingerprint density at radius 2 is 1.90 bits per heavy atom. The molecule has 2 N–H and O–H groups in total. The summed E-state index contributed by atoms with van der Waals surface area (Å²) < 4.78 is 18.9. The Bertz CT molecular complexity index is 551. The van der Waals surface area contributed by atoms with E-state index >= 15 is 0 Å². The van der Waals surface area contributed by atoms with E-state index in [4.69, 9.17) is 10.3 Å². The predicted molar refractivity (Wildman–Crippen MR) is 78.8 cm³/mol. The molecule has 1 heterocycles. The van der Waals surface area contributed by atoms with Crippen LogP contribution in [0.1, 0.15) is 44.7 Å². The fourth-order valence-corrected chi connectivity index (χ4v) is 2.36. The van der Waals surface area contributed by atoms with Crippen LogP contribution in [0.25, 0.3) is 11.1 Å². The zero-order valence-electron chi connectivity index (χ0n) is 11.9. The van der Waals surface area contributed by atoms with Crippen molar-refractivity contribution in [3.63, 3.8) is 0 Å². The highest BCUT2D eigenvalue weighted by Crippen LogP contribution is 2.32. The summed E-state index contributed by atoms with van der Waals surface area (Å²) in [6.45, 7) is 2.19. The van der Waals surface area contributed by atoms with E-state index in [0.717, 1.165) is 25.0 Å². The van der Waals surface area contributed by atoms with Gasteiger partial charge in [0.15, 0.2) is 0 Å². The second-order valence-electron chi connectivity index (χ2n) is 5.01. The first-order valence-corrected chi connectivity index (χ1v) is 7.23. The largest absolute Gasteiger partial charge is 0.367 e. The van der Waals surface area contributed by atoms with Crippen LogP contribution in [0, 0.1) is 5.82 Å². The molecule has 0 saturated carbocycles. The standard InChI is InChI=1S/C16H21FN2O/c1-2-3-4-5-6-11-14-15(16(18)20-19-14)12-9-7-8-10-13(12)17/h7-10H,2-6,11,18H2,1H3. The van der Waals surface area contributed by atoms with E-state index in [0.29, 0.717) is 11.1 Å². The lowest BCUT2D eigenvalue weighted by Gasteiger charge is -2.04. The molecule has 0 aliphatic rings. The number of aryl methyl sites for hydroxylation is 1. The molecule has 0 saturated heterocycles. The van der Waals surface area contributed by atoms with Gasteiger partial charge in [-0.3, -0.25) is 0 Å². The van der Waals surface area contributed by atoms with E-state index in [1.54, 1.807) is 18.2 Å². The number of hydrogen-bond donors (Lipinski definition) is 1. The van der Waals surface area contributed by atoms with Crippen LogP contribution in [-0.2, 0) is 6.42 Å². The lowest BCUT2D eigenvalue weighted by atomic mass is 10.0. The van der Waals surface area contributed by atoms with Crippen molar-refractivity contribution in [2.24, 2.45) is 0 Å². The van der Waals surface area contributed by atoms with Crippen molar-refractivity contribution in [1.29, 1.82) is 0 Å². The van der Waals surface area contributed by atoms with Crippen LogP contribution in [0.3, 0.4) is 0 Å². The van der Waals surface area contributed by atoms with Gasteiger partial charge in [0.2, 0.25) is 5.88 Å². The van der Waals surface area contributed by atoms with Gasteiger partial charge >= 0.3 is 0 Å². The second kappa shape index (κ2) is 7.08. The van der Waals surface area contributed by atoms with Crippen molar-refractivity contribution in [2.75, 3.05) is 5.73 Å². The number of benzene rings is 1. The van der Waals surface area contributed by atoms with Crippen molar-refractivity contribution < 1.29 is 8.91 Å². The Morgan fingerprint density at radius 1 is 1.15 bits per heavy atom. The second-order valence-corrected chi connectivity index (χ2v) is 5.01. The first-order valence-electron chi connectivity index (χ1n) is 7.23. The molecule has 1 aromatic heterocycles. The van der Waals surface area contributed by atoms with Crippen LogP contribution in [-0.4, -0.2) is 5.16 Å². The van der Waals surface area contributed by atoms with E-state index in [1.165, 1.54) is 25.3 Å². The number of halogens is 1. The molecule has 2 rings (SSSR count). The van der Waals surface area contributed by atoms with Crippen molar-refractivity contribution in [2.45, 2.75) is 45.4 Å². The average molecular weight is 276 g/mol. The Balaban J connectivity index is 2.10. The molecular weight excluding hydrogens is 255 g/mol. The summed E-state index contributed by atoms with van der Waals surface area (Å²) in [5.74, 6) is -0.103. The number of aromatic nitrogens is 1. The van der Waals surface area contributed by atoms with E-state index < -0.39 is 0 Å². The number of rotatable bonds is 7. The summed E-state index contributed by atoms with van der Waals surface area (Å²) in [5.41, 5.74) is 7.63. The summed E-state index contributed by atoms with van der Waals surface area (Å²) in [4.78, 5) is 0. The monoisotopic (exact) mass is 276 g/mol. The summed E-state index contributed by atoms with van der Waals surface area (Å²) in [6.07, 6.45) is 6.64. The number of nitrogen functional groups attached to an aromatic ring is 1. The van der Waals surface area contributed by atoms with Gasteiger partial charge in [0.1, 0.15) is 5.82 Å². The fourth-order valence-electron chi connectivity index (χ4n) is 2.36. The molecule has 0 aliphatic carbocycles. The topological polar surface area (TPSA) is 52.0 Å². The van der Waals surface area contributed by atoms with Gasteiger partial charge in [-0.2, -0.15) is 0 Å². The SMILES string of the molecule is CCCCCCCc1noc(N)c1-c1ccccc1F. The van der Waals surface area contributed by atoms with Crippen molar-refractivity contribution in [3.05, 3.63) is 35.8 Å². The molecule has 4 heteroatoms. The number of unbranched alkanes of at least 4 members (excludes halogenated alkanes) is 4. The van der Waals surface area contributed by atoms with Crippen LogP contribution >= 0.6 is 0 Å². The quantitative estimate of drug-likeness (QED) is 0.753. The third kappa shape index (κ3) is 3.38.